The van der Waals surface area contributed by atoms with Crippen molar-refractivity contribution in [2.24, 2.45) is 5.41 Å². The number of carbonyl (C=O) groups excluding carboxylic acids is 2. The van der Waals surface area contributed by atoms with E-state index in [2.05, 4.69) is 0 Å². The number of halogens is 2. The Morgan fingerprint density at radius 3 is 2.88 bits per heavy atom. The maximum atomic E-state index is 12.6. The molecule has 1 atom stereocenters. The topological polar surface area (TPSA) is 46.6 Å². The molecule has 2 aliphatic rings. The van der Waals surface area contributed by atoms with Crippen LogP contribution in [0.15, 0.2) is 30.0 Å². The summed E-state index contributed by atoms with van der Waals surface area (Å²) in [5, 5.41) is 1.06. The van der Waals surface area contributed by atoms with E-state index in [4.69, 9.17) is 27.9 Å². The lowest BCUT2D eigenvalue weighted by Crippen LogP contribution is -2.36. The Bertz CT molecular complexity index is 716. The minimum absolute atomic E-state index is 0.0674. The monoisotopic (exact) mass is 367 g/mol. The van der Waals surface area contributed by atoms with E-state index in [9.17, 15) is 9.59 Å². The van der Waals surface area contributed by atoms with Crippen LogP contribution in [0.5, 0.6) is 0 Å². The first-order valence-electron chi connectivity index (χ1n) is 8.10. The van der Waals surface area contributed by atoms with E-state index in [1.807, 2.05) is 12.1 Å². The van der Waals surface area contributed by atoms with Gasteiger partial charge >= 0.3 is 5.97 Å². The van der Waals surface area contributed by atoms with E-state index < -0.39 is 5.41 Å². The molecule has 1 unspecified atom stereocenters. The number of hydrogen-bond donors (Lipinski definition) is 0. The van der Waals surface area contributed by atoms with Crippen LogP contribution in [0.1, 0.15) is 38.2 Å². The summed E-state index contributed by atoms with van der Waals surface area (Å²) in [7, 11) is 0. The molecule has 0 aromatic heterocycles. The van der Waals surface area contributed by atoms with Gasteiger partial charge in [-0.2, -0.15) is 0 Å². The average Bonchev–Trinajstić information content (AvgIpc) is 2.83. The second kappa shape index (κ2) is 6.77. The quantitative estimate of drug-likeness (QED) is 0.743. The van der Waals surface area contributed by atoms with E-state index in [0.29, 0.717) is 29.6 Å². The molecule has 1 aromatic rings. The molecule has 1 saturated heterocycles. The Morgan fingerprint density at radius 1 is 1.38 bits per heavy atom. The van der Waals surface area contributed by atoms with Gasteiger partial charge in [0.05, 0.1) is 13.2 Å². The number of fused-ring (bicyclic) bond motifs is 1. The fraction of sp³-hybridized carbons (Fsp3) is 0.444. The molecular weight excluding hydrogens is 349 g/mol. The van der Waals surface area contributed by atoms with Crippen molar-refractivity contribution in [2.45, 2.75) is 39.2 Å². The van der Waals surface area contributed by atoms with Gasteiger partial charge in [0.15, 0.2) is 0 Å². The molecule has 4 nitrogen and oxygen atoms in total. The third-order valence-corrected chi connectivity index (χ3v) is 5.28. The van der Waals surface area contributed by atoms with Crippen LogP contribution in [0, 0.1) is 5.41 Å². The summed E-state index contributed by atoms with van der Waals surface area (Å²) in [4.78, 5) is 26.9. The highest BCUT2D eigenvalue weighted by molar-refractivity contribution is 6.35. The summed E-state index contributed by atoms with van der Waals surface area (Å²) in [5.41, 5.74) is 0.744. The van der Waals surface area contributed by atoms with Crippen LogP contribution < -0.4 is 0 Å². The summed E-state index contributed by atoms with van der Waals surface area (Å²) in [6, 6.07) is 5.22. The number of esters is 1. The predicted molar refractivity (Wildman–Crippen MR) is 92.6 cm³/mol. The molecule has 1 fully saturated rings. The third kappa shape index (κ3) is 2.93. The van der Waals surface area contributed by atoms with Gasteiger partial charge in [0.2, 0.25) is 5.91 Å². The Morgan fingerprint density at radius 2 is 2.17 bits per heavy atom. The van der Waals surface area contributed by atoms with Gasteiger partial charge in [-0.15, -0.1) is 0 Å². The summed E-state index contributed by atoms with van der Waals surface area (Å²) >= 11 is 12.2. The van der Waals surface area contributed by atoms with Crippen molar-refractivity contribution in [3.63, 3.8) is 0 Å². The van der Waals surface area contributed by atoms with Gasteiger partial charge in [-0.3, -0.25) is 9.59 Å². The number of benzene rings is 1. The van der Waals surface area contributed by atoms with Crippen molar-refractivity contribution in [2.75, 3.05) is 6.61 Å². The number of amides is 1. The average molecular weight is 368 g/mol. The predicted octanol–water partition coefficient (Wildman–Crippen LogP) is 4.34. The number of allylic oxidation sites excluding steroid dienone is 1. The Labute approximate surface area is 151 Å². The minimum Gasteiger partial charge on any atom is -0.465 e. The molecule has 0 radical (unpaired) electrons. The molecule has 3 rings (SSSR count). The zero-order valence-electron chi connectivity index (χ0n) is 13.5. The maximum Gasteiger partial charge on any atom is 0.318 e. The lowest BCUT2D eigenvalue weighted by Gasteiger charge is -2.32. The largest absolute Gasteiger partial charge is 0.465 e. The normalized spacial score (nSPS) is 23.0. The molecule has 0 bridgehead atoms. The second-order valence-corrected chi connectivity index (χ2v) is 7.02. The molecule has 24 heavy (non-hydrogen) atoms. The molecule has 0 spiro atoms. The fourth-order valence-electron chi connectivity index (χ4n) is 3.54. The molecule has 0 N–H and O–H groups in total. The standard InChI is InChI=1S/C18H19Cl2NO3/c1-2-24-17(23)18-8-4-3-5-15(18)21(16(22)10-18)11-12-6-7-13(19)9-14(12)20/h5-7,9H,2-4,8,10-11H2,1H3. The van der Waals surface area contributed by atoms with E-state index in [-0.39, 0.29) is 18.3 Å². The highest BCUT2D eigenvalue weighted by atomic mass is 35.5. The zero-order chi connectivity index (χ0) is 17.3. The van der Waals surface area contributed by atoms with E-state index >= 15 is 0 Å². The fourth-order valence-corrected chi connectivity index (χ4v) is 4.01. The van der Waals surface area contributed by atoms with Crippen molar-refractivity contribution in [3.05, 3.63) is 45.6 Å². The highest BCUT2D eigenvalue weighted by Gasteiger charge is 2.54. The molecule has 128 valence electrons. The first kappa shape index (κ1) is 17.3. The third-order valence-electron chi connectivity index (χ3n) is 4.69. The van der Waals surface area contributed by atoms with Crippen molar-refractivity contribution >= 4 is 35.1 Å². The van der Waals surface area contributed by atoms with Crippen LogP contribution in [-0.2, 0) is 20.9 Å². The first-order chi connectivity index (χ1) is 11.5. The number of likely N-dealkylation sites (tertiary alicyclic amines) is 1. The summed E-state index contributed by atoms with van der Waals surface area (Å²) < 4.78 is 5.27. The number of carbonyl (C=O) groups is 2. The van der Waals surface area contributed by atoms with E-state index in [1.165, 1.54) is 0 Å². The summed E-state index contributed by atoms with van der Waals surface area (Å²) in [5.74, 6) is -0.365. The van der Waals surface area contributed by atoms with Crippen molar-refractivity contribution in [3.8, 4) is 0 Å². The second-order valence-electron chi connectivity index (χ2n) is 6.18. The number of rotatable bonds is 4. The lowest BCUT2D eigenvalue weighted by atomic mass is 9.75. The van der Waals surface area contributed by atoms with Crippen molar-refractivity contribution < 1.29 is 14.3 Å². The van der Waals surface area contributed by atoms with E-state index in [0.717, 1.165) is 24.1 Å². The number of nitrogens with zero attached hydrogens (tertiary/aromatic N) is 1. The molecule has 1 aliphatic carbocycles. The van der Waals surface area contributed by atoms with Gasteiger partial charge in [0.25, 0.3) is 0 Å². The van der Waals surface area contributed by atoms with Gasteiger partial charge in [0, 0.05) is 22.2 Å². The first-order valence-corrected chi connectivity index (χ1v) is 8.85. The smallest absolute Gasteiger partial charge is 0.318 e. The molecule has 6 heteroatoms. The van der Waals surface area contributed by atoms with Crippen LogP contribution in [0.4, 0.5) is 0 Å². The van der Waals surface area contributed by atoms with Gasteiger partial charge in [-0.25, -0.2) is 0 Å². The van der Waals surface area contributed by atoms with Crippen LogP contribution in [0.3, 0.4) is 0 Å². The van der Waals surface area contributed by atoms with Crippen LogP contribution in [0.25, 0.3) is 0 Å². The molecular formula is C18H19Cl2NO3. The van der Waals surface area contributed by atoms with Crippen LogP contribution >= 0.6 is 23.2 Å². The molecule has 1 aromatic carbocycles. The number of ether oxygens (including phenoxy) is 1. The Kier molecular flexibility index (Phi) is 4.88. The molecule has 1 aliphatic heterocycles. The van der Waals surface area contributed by atoms with Gasteiger partial charge in [-0.05, 0) is 43.9 Å². The zero-order valence-corrected chi connectivity index (χ0v) is 15.0. The van der Waals surface area contributed by atoms with Gasteiger partial charge in [0.1, 0.15) is 5.41 Å². The molecule has 1 heterocycles. The summed E-state index contributed by atoms with van der Waals surface area (Å²) in [6.07, 6.45) is 4.55. The number of hydrogen-bond acceptors (Lipinski definition) is 3. The minimum atomic E-state index is -0.829. The van der Waals surface area contributed by atoms with Crippen LogP contribution in [0.2, 0.25) is 10.0 Å². The highest BCUT2D eigenvalue weighted by Crippen LogP contribution is 2.49. The van der Waals surface area contributed by atoms with Gasteiger partial charge in [-0.1, -0.05) is 35.3 Å². The van der Waals surface area contributed by atoms with Crippen LogP contribution in [-0.4, -0.2) is 23.4 Å². The molecule has 1 amide bonds. The summed E-state index contributed by atoms with van der Waals surface area (Å²) in [6.45, 7) is 2.43. The molecule has 0 saturated carbocycles. The Hall–Kier alpha value is -1.52. The van der Waals surface area contributed by atoms with Gasteiger partial charge < -0.3 is 9.64 Å². The lowest BCUT2D eigenvalue weighted by molar-refractivity contribution is -0.154. The maximum absolute atomic E-state index is 12.6. The van der Waals surface area contributed by atoms with E-state index in [1.54, 1.807) is 24.0 Å². The van der Waals surface area contributed by atoms with Crippen molar-refractivity contribution in [1.82, 2.24) is 4.90 Å². The SMILES string of the molecule is CCOC(=O)C12CCCC=C1N(Cc1ccc(Cl)cc1Cl)C(=O)C2. The van der Waals surface area contributed by atoms with Crippen molar-refractivity contribution in [1.29, 1.82) is 0 Å². The Balaban J connectivity index is 1.93.